The molecule has 2 aromatic rings. The Morgan fingerprint density at radius 2 is 1.92 bits per heavy atom. The summed E-state index contributed by atoms with van der Waals surface area (Å²) < 4.78 is 0. The molecule has 1 fully saturated rings. The van der Waals surface area contributed by atoms with Crippen molar-refractivity contribution in [1.82, 2.24) is 9.97 Å². The molecule has 4 rings (SSSR count). The lowest BCUT2D eigenvalue weighted by Crippen LogP contribution is -2.33. The standard InChI is InChI=1S/C18H20N6O2/c19-15-14-12(17(26)20-11-6-2-1-3-7-11)10-13(25)21-16(14)23-18(22-15)24-8-4-5-9-24/h1-3,6-7,12H,4-5,8-10H2,(H,20,26)(H3,19,21,22,23,25)/t12-/m0/s1. The molecule has 3 heterocycles. The molecular formula is C18H20N6O2. The van der Waals surface area contributed by atoms with Gasteiger partial charge < -0.3 is 21.3 Å². The largest absolute Gasteiger partial charge is 0.383 e. The van der Waals surface area contributed by atoms with Crippen LogP contribution in [0.4, 0.5) is 23.3 Å². The third-order valence-corrected chi connectivity index (χ3v) is 4.71. The molecule has 1 aromatic carbocycles. The number of nitrogens with two attached hydrogens (primary N) is 1. The van der Waals surface area contributed by atoms with Crippen LogP contribution in [0.3, 0.4) is 0 Å². The highest BCUT2D eigenvalue weighted by Gasteiger charge is 2.35. The molecule has 0 saturated carbocycles. The van der Waals surface area contributed by atoms with Crippen LogP contribution >= 0.6 is 0 Å². The number of nitrogen functional groups attached to an aromatic ring is 1. The lowest BCUT2D eigenvalue weighted by molar-refractivity contribution is -0.123. The van der Waals surface area contributed by atoms with E-state index in [0.29, 0.717) is 23.0 Å². The number of nitrogens with one attached hydrogen (secondary N) is 2. The summed E-state index contributed by atoms with van der Waals surface area (Å²) in [5.74, 6) is -0.184. The van der Waals surface area contributed by atoms with E-state index in [2.05, 4.69) is 20.6 Å². The topological polar surface area (TPSA) is 113 Å². The molecule has 134 valence electrons. The van der Waals surface area contributed by atoms with Crippen molar-refractivity contribution in [3.63, 3.8) is 0 Å². The molecule has 4 N–H and O–H groups in total. The third kappa shape index (κ3) is 3.05. The highest BCUT2D eigenvalue weighted by Crippen LogP contribution is 2.36. The summed E-state index contributed by atoms with van der Waals surface area (Å²) in [5, 5.41) is 5.57. The Kier molecular flexibility index (Phi) is 4.16. The first-order chi connectivity index (χ1) is 12.6. The predicted molar refractivity (Wildman–Crippen MR) is 99.0 cm³/mol. The fraction of sp³-hybridized carbons (Fsp3) is 0.333. The van der Waals surface area contributed by atoms with Crippen molar-refractivity contribution in [3.05, 3.63) is 35.9 Å². The molecule has 1 atom stereocenters. The first-order valence-corrected chi connectivity index (χ1v) is 8.70. The maximum absolute atomic E-state index is 12.8. The molecule has 1 saturated heterocycles. The average molecular weight is 352 g/mol. The van der Waals surface area contributed by atoms with Crippen molar-refractivity contribution in [1.29, 1.82) is 0 Å². The zero-order valence-electron chi connectivity index (χ0n) is 14.2. The Labute approximate surface area is 150 Å². The van der Waals surface area contributed by atoms with Gasteiger partial charge in [0.05, 0.1) is 11.5 Å². The third-order valence-electron chi connectivity index (χ3n) is 4.71. The van der Waals surface area contributed by atoms with E-state index in [1.54, 1.807) is 12.1 Å². The van der Waals surface area contributed by atoms with Crippen molar-refractivity contribution in [3.8, 4) is 0 Å². The van der Waals surface area contributed by atoms with E-state index in [1.807, 2.05) is 23.1 Å². The number of benzene rings is 1. The van der Waals surface area contributed by atoms with Gasteiger partial charge in [-0.25, -0.2) is 0 Å². The van der Waals surface area contributed by atoms with Crippen LogP contribution in [0.25, 0.3) is 0 Å². The molecule has 8 nitrogen and oxygen atoms in total. The number of hydrogen-bond donors (Lipinski definition) is 3. The number of amides is 2. The summed E-state index contributed by atoms with van der Waals surface area (Å²) in [6, 6.07) is 9.11. The number of para-hydroxylation sites is 1. The Hall–Kier alpha value is -3.16. The number of nitrogens with zero attached hydrogens (tertiary/aromatic N) is 3. The number of rotatable bonds is 3. The van der Waals surface area contributed by atoms with E-state index in [4.69, 9.17) is 5.73 Å². The van der Waals surface area contributed by atoms with E-state index in [1.165, 1.54) is 0 Å². The summed E-state index contributed by atoms with van der Waals surface area (Å²) in [7, 11) is 0. The van der Waals surface area contributed by atoms with Gasteiger partial charge in [-0.3, -0.25) is 9.59 Å². The summed E-state index contributed by atoms with van der Waals surface area (Å²) in [6.45, 7) is 1.73. The summed E-state index contributed by atoms with van der Waals surface area (Å²) in [6.07, 6.45) is 2.17. The molecule has 26 heavy (non-hydrogen) atoms. The van der Waals surface area contributed by atoms with E-state index >= 15 is 0 Å². The van der Waals surface area contributed by atoms with Crippen LogP contribution in [-0.4, -0.2) is 34.9 Å². The zero-order valence-corrected chi connectivity index (χ0v) is 14.2. The molecule has 0 unspecified atom stereocenters. The van der Waals surface area contributed by atoms with Crippen LogP contribution in [0.15, 0.2) is 30.3 Å². The number of anilines is 4. The van der Waals surface area contributed by atoms with Gasteiger partial charge >= 0.3 is 0 Å². The number of fused-ring (bicyclic) bond motifs is 1. The number of carbonyl (C=O) groups is 2. The molecule has 8 heteroatoms. The van der Waals surface area contributed by atoms with Gasteiger partial charge in [0.1, 0.15) is 11.6 Å². The SMILES string of the molecule is Nc1nc(N2CCCC2)nc2c1[C@@H](C(=O)Nc1ccccc1)CC(=O)N2. The summed E-state index contributed by atoms with van der Waals surface area (Å²) in [5.41, 5.74) is 7.32. The lowest BCUT2D eigenvalue weighted by Gasteiger charge is -2.26. The number of carbonyl (C=O) groups excluding carboxylic acids is 2. The smallest absolute Gasteiger partial charge is 0.232 e. The molecular weight excluding hydrogens is 332 g/mol. The van der Waals surface area contributed by atoms with Crippen LogP contribution in [0.2, 0.25) is 0 Å². The van der Waals surface area contributed by atoms with Gasteiger partial charge in [-0.1, -0.05) is 18.2 Å². The van der Waals surface area contributed by atoms with Crippen molar-refractivity contribution in [2.24, 2.45) is 0 Å². The monoisotopic (exact) mass is 352 g/mol. The van der Waals surface area contributed by atoms with Gasteiger partial charge in [0.15, 0.2) is 0 Å². The highest BCUT2D eigenvalue weighted by molar-refractivity contribution is 6.05. The van der Waals surface area contributed by atoms with Crippen LogP contribution < -0.4 is 21.3 Å². The maximum Gasteiger partial charge on any atom is 0.232 e. The van der Waals surface area contributed by atoms with Gasteiger partial charge in [-0.2, -0.15) is 9.97 Å². The second-order valence-corrected chi connectivity index (χ2v) is 6.53. The second kappa shape index (κ2) is 6.62. The molecule has 0 spiro atoms. The van der Waals surface area contributed by atoms with Crippen molar-refractivity contribution in [2.75, 3.05) is 34.4 Å². The van der Waals surface area contributed by atoms with E-state index < -0.39 is 5.92 Å². The number of aromatic nitrogens is 2. The van der Waals surface area contributed by atoms with E-state index in [9.17, 15) is 9.59 Å². The minimum atomic E-state index is -0.716. The van der Waals surface area contributed by atoms with Crippen molar-refractivity contribution in [2.45, 2.75) is 25.2 Å². The minimum Gasteiger partial charge on any atom is -0.383 e. The first-order valence-electron chi connectivity index (χ1n) is 8.70. The maximum atomic E-state index is 12.8. The fourth-order valence-electron chi connectivity index (χ4n) is 3.42. The van der Waals surface area contributed by atoms with Gasteiger partial charge in [0.2, 0.25) is 17.8 Å². The fourth-order valence-corrected chi connectivity index (χ4v) is 3.42. The highest BCUT2D eigenvalue weighted by atomic mass is 16.2. The van der Waals surface area contributed by atoms with E-state index in [0.717, 1.165) is 25.9 Å². The Balaban J connectivity index is 1.66. The normalized spacial score (nSPS) is 19.0. The Morgan fingerprint density at radius 3 is 2.65 bits per heavy atom. The minimum absolute atomic E-state index is 0.0162. The van der Waals surface area contributed by atoms with Crippen LogP contribution in [0, 0.1) is 0 Å². The predicted octanol–water partition coefficient (Wildman–Crippen LogP) is 1.72. The van der Waals surface area contributed by atoms with Crippen molar-refractivity contribution >= 4 is 35.1 Å². The van der Waals surface area contributed by atoms with Gasteiger partial charge in [0, 0.05) is 25.2 Å². The second-order valence-electron chi connectivity index (χ2n) is 6.53. The quantitative estimate of drug-likeness (QED) is 0.775. The molecule has 1 aromatic heterocycles. The summed E-state index contributed by atoms with van der Waals surface area (Å²) >= 11 is 0. The van der Waals surface area contributed by atoms with Gasteiger partial charge in [-0.15, -0.1) is 0 Å². The van der Waals surface area contributed by atoms with Gasteiger partial charge in [0.25, 0.3) is 0 Å². The van der Waals surface area contributed by atoms with E-state index in [-0.39, 0.29) is 24.1 Å². The van der Waals surface area contributed by atoms with Gasteiger partial charge in [-0.05, 0) is 25.0 Å². The molecule has 2 aliphatic heterocycles. The Bertz CT molecular complexity index is 848. The van der Waals surface area contributed by atoms with Crippen LogP contribution in [0.1, 0.15) is 30.7 Å². The average Bonchev–Trinajstić information content (AvgIpc) is 3.16. The Morgan fingerprint density at radius 1 is 1.19 bits per heavy atom. The van der Waals surface area contributed by atoms with Crippen LogP contribution in [-0.2, 0) is 9.59 Å². The molecule has 2 amide bonds. The lowest BCUT2D eigenvalue weighted by atomic mass is 9.92. The van der Waals surface area contributed by atoms with Crippen LogP contribution in [0.5, 0.6) is 0 Å². The zero-order chi connectivity index (χ0) is 18.1. The summed E-state index contributed by atoms with van der Waals surface area (Å²) in [4.78, 5) is 35.8. The first kappa shape index (κ1) is 16.3. The number of hydrogen-bond acceptors (Lipinski definition) is 6. The molecule has 0 bridgehead atoms. The molecule has 0 radical (unpaired) electrons. The van der Waals surface area contributed by atoms with Crippen molar-refractivity contribution < 1.29 is 9.59 Å². The molecule has 0 aliphatic carbocycles. The molecule has 2 aliphatic rings.